The molecule has 0 unspecified atom stereocenters. The second kappa shape index (κ2) is 14.3. The van der Waals surface area contributed by atoms with Crippen molar-refractivity contribution < 1.29 is 28.8 Å². The Bertz CT molecular complexity index is 1190. The number of nitrogens with zero attached hydrogens (tertiary/aromatic N) is 2. The Morgan fingerprint density at radius 1 is 0.684 bits per heavy atom. The minimum absolute atomic E-state index is 0.350. The molecular formula is C30H32N2O6. The number of hydrogen-bond donors (Lipinski definition) is 1. The quantitative estimate of drug-likeness (QED) is 0.504. The normalized spacial score (nSPS) is 17.7. The molecule has 1 heterocycles. The fourth-order valence-electron chi connectivity index (χ4n) is 4.32. The molecule has 2 bridgehead atoms. The molecule has 2 aliphatic rings. The zero-order valence-electron chi connectivity index (χ0n) is 21.5. The van der Waals surface area contributed by atoms with Gasteiger partial charge in [-0.25, -0.2) is 4.99 Å². The number of ether oxygens (including phenoxy) is 5. The molecule has 0 atom stereocenters. The molecule has 0 saturated heterocycles. The minimum atomic E-state index is -0.934. The van der Waals surface area contributed by atoms with Crippen LogP contribution < -0.4 is 9.47 Å². The molecule has 198 valence electrons. The lowest BCUT2D eigenvalue weighted by molar-refractivity contribution is 0.00448. The number of aliphatic hydroxyl groups excluding tert-OH is 1. The summed E-state index contributed by atoms with van der Waals surface area (Å²) in [5, 5.41) is 18.9. The van der Waals surface area contributed by atoms with Crippen molar-refractivity contribution in [1.29, 1.82) is 5.26 Å². The Morgan fingerprint density at radius 3 is 1.61 bits per heavy atom. The Morgan fingerprint density at radius 2 is 1.13 bits per heavy atom. The summed E-state index contributed by atoms with van der Waals surface area (Å²) in [7, 11) is 0. The average Bonchev–Trinajstić information content (AvgIpc) is 2.94. The SMILES string of the molecule is CC#N.OC1c2c3cccc2C(=Nc2ccccc2)c2cccc(c21)OCCOCCOCCOCCO3. The zero-order valence-corrected chi connectivity index (χ0v) is 21.5. The van der Waals surface area contributed by atoms with E-state index in [0.29, 0.717) is 75.5 Å². The summed E-state index contributed by atoms with van der Waals surface area (Å²) in [6.45, 7) is 4.90. The second-order valence-electron chi connectivity index (χ2n) is 8.39. The molecule has 1 aliphatic heterocycles. The summed E-state index contributed by atoms with van der Waals surface area (Å²) in [5.41, 5.74) is 4.59. The average molecular weight is 517 g/mol. The Kier molecular flexibility index (Phi) is 10.2. The van der Waals surface area contributed by atoms with Crippen LogP contribution in [0.15, 0.2) is 71.7 Å². The first-order chi connectivity index (χ1) is 18.7. The van der Waals surface area contributed by atoms with E-state index in [9.17, 15) is 5.11 Å². The highest BCUT2D eigenvalue weighted by molar-refractivity contribution is 6.17. The topological polar surface area (TPSA) is 103 Å². The van der Waals surface area contributed by atoms with E-state index >= 15 is 0 Å². The van der Waals surface area contributed by atoms with Gasteiger partial charge in [-0.2, -0.15) is 5.26 Å². The van der Waals surface area contributed by atoms with Gasteiger partial charge in [0.25, 0.3) is 0 Å². The smallest absolute Gasteiger partial charge is 0.126 e. The maximum absolute atomic E-state index is 11.6. The largest absolute Gasteiger partial charge is 0.491 e. The van der Waals surface area contributed by atoms with E-state index in [0.717, 1.165) is 22.5 Å². The molecule has 0 fully saturated rings. The van der Waals surface area contributed by atoms with Crippen LogP contribution in [-0.2, 0) is 14.2 Å². The summed E-state index contributed by atoms with van der Waals surface area (Å²) < 4.78 is 28.9. The first-order valence-corrected chi connectivity index (χ1v) is 12.6. The van der Waals surface area contributed by atoms with Crippen LogP contribution in [-0.4, -0.2) is 63.7 Å². The Balaban J connectivity index is 0.00000107. The highest BCUT2D eigenvalue weighted by atomic mass is 16.6. The van der Waals surface area contributed by atoms with Crippen LogP contribution in [0, 0.1) is 11.3 Å². The van der Waals surface area contributed by atoms with Gasteiger partial charge in [-0.3, -0.25) is 0 Å². The van der Waals surface area contributed by atoms with Crippen LogP contribution in [0.3, 0.4) is 0 Å². The highest BCUT2D eigenvalue weighted by Crippen LogP contribution is 2.44. The van der Waals surface area contributed by atoms with Gasteiger partial charge in [0, 0.05) is 29.2 Å². The molecule has 0 aromatic heterocycles. The third-order valence-electron chi connectivity index (χ3n) is 5.90. The second-order valence-corrected chi connectivity index (χ2v) is 8.39. The maximum Gasteiger partial charge on any atom is 0.126 e. The molecule has 1 aliphatic carbocycles. The fourth-order valence-corrected chi connectivity index (χ4v) is 4.32. The van der Waals surface area contributed by atoms with E-state index < -0.39 is 6.10 Å². The highest BCUT2D eigenvalue weighted by Gasteiger charge is 2.34. The summed E-state index contributed by atoms with van der Waals surface area (Å²) in [6, 6.07) is 23.1. The predicted molar refractivity (Wildman–Crippen MR) is 143 cm³/mol. The number of hydrogen-bond acceptors (Lipinski definition) is 8. The zero-order chi connectivity index (χ0) is 26.6. The van der Waals surface area contributed by atoms with Crippen LogP contribution in [0.5, 0.6) is 11.5 Å². The Hall–Kier alpha value is -3.74. The van der Waals surface area contributed by atoms with Gasteiger partial charge in [0.1, 0.15) is 30.8 Å². The van der Waals surface area contributed by atoms with Crippen LogP contribution in [0.4, 0.5) is 5.69 Å². The fraction of sp³-hybridized carbons (Fsp3) is 0.333. The monoisotopic (exact) mass is 516 g/mol. The molecular weight excluding hydrogens is 484 g/mol. The molecule has 1 N–H and O–H groups in total. The Labute approximate surface area is 223 Å². The number of benzene rings is 3. The van der Waals surface area contributed by atoms with Gasteiger partial charge < -0.3 is 28.8 Å². The van der Waals surface area contributed by atoms with Gasteiger partial charge in [0.05, 0.1) is 57.1 Å². The maximum atomic E-state index is 11.6. The summed E-state index contributed by atoms with van der Waals surface area (Å²) >= 11 is 0. The molecule has 3 aromatic carbocycles. The van der Waals surface area contributed by atoms with Crippen molar-refractivity contribution in [2.45, 2.75) is 13.0 Å². The van der Waals surface area contributed by atoms with Gasteiger partial charge in [0.2, 0.25) is 0 Å². The van der Waals surface area contributed by atoms with Crippen LogP contribution in [0.25, 0.3) is 0 Å². The molecule has 3 aromatic rings. The number of nitriles is 1. The van der Waals surface area contributed by atoms with Gasteiger partial charge in [-0.15, -0.1) is 0 Å². The third kappa shape index (κ3) is 6.77. The van der Waals surface area contributed by atoms with E-state index in [1.54, 1.807) is 6.07 Å². The van der Waals surface area contributed by atoms with E-state index in [4.69, 9.17) is 33.9 Å². The molecule has 38 heavy (non-hydrogen) atoms. The first kappa shape index (κ1) is 27.3. The summed E-state index contributed by atoms with van der Waals surface area (Å²) in [4.78, 5) is 4.99. The van der Waals surface area contributed by atoms with Gasteiger partial charge in [-0.1, -0.05) is 42.5 Å². The van der Waals surface area contributed by atoms with Crippen molar-refractivity contribution in [2.75, 3.05) is 52.9 Å². The van der Waals surface area contributed by atoms with Gasteiger partial charge in [0.15, 0.2) is 0 Å². The van der Waals surface area contributed by atoms with Crippen LogP contribution in [0.1, 0.15) is 35.3 Å². The predicted octanol–water partition coefficient (Wildman–Crippen LogP) is 4.60. The standard InChI is InChI=1S/C28H29NO6.C2H3N/c30-28-25-21-8-4-10-23(25)34-18-16-32-14-12-31-13-15-33-17-19-35-24-11-5-9-22(26(24)28)27(21)29-20-6-2-1-3-7-20;1-2-3/h1-11,28,30H,12-19H2;1H3. The lowest BCUT2D eigenvalue weighted by atomic mass is 9.81. The number of aliphatic imine (C=N–C) groups is 1. The van der Waals surface area contributed by atoms with Crippen molar-refractivity contribution in [2.24, 2.45) is 4.99 Å². The van der Waals surface area contributed by atoms with Gasteiger partial charge in [-0.05, 0) is 24.3 Å². The summed E-state index contributed by atoms with van der Waals surface area (Å²) in [5.74, 6) is 1.20. The van der Waals surface area contributed by atoms with Crippen molar-refractivity contribution in [3.63, 3.8) is 0 Å². The number of aliphatic hydroxyl groups is 1. The first-order valence-electron chi connectivity index (χ1n) is 12.6. The molecule has 8 heteroatoms. The van der Waals surface area contributed by atoms with Crippen LogP contribution in [0.2, 0.25) is 0 Å². The molecule has 0 saturated carbocycles. The van der Waals surface area contributed by atoms with E-state index in [2.05, 4.69) is 0 Å². The molecule has 0 spiro atoms. The lowest BCUT2D eigenvalue weighted by Gasteiger charge is -2.29. The molecule has 0 amide bonds. The van der Waals surface area contributed by atoms with Crippen molar-refractivity contribution in [3.05, 3.63) is 89.0 Å². The summed E-state index contributed by atoms with van der Waals surface area (Å²) in [6.07, 6.45) is -0.934. The molecule has 8 nitrogen and oxygen atoms in total. The van der Waals surface area contributed by atoms with Crippen molar-refractivity contribution in [3.8, 4) is 17.6 Å². The van der Waals surface area contributed by atoms with E-state index in [1.807, 2.05) is 66.7 Å². The van der Waals surface area contributed by atoms with E-state index in [1.165, 1.54) is 6.92 Å². The third-order valence-corrected chi connectivity index (χ3v) is 5.90. The molecule has 5 rings (SSSR count). The van der Waals surface area contributed by atoms with Gasteiger partial charge >= 0.3 is 0 Å². The lowest BCUT2D eigenvalue weighted by Crippen LogP contribution is -2.23. The van der Waals surface area contributed by atoms with Crippen molar-refractivity contribution in [1.82, 2.24) is 0 Å². The number of rotatable bonds is 1. The number of para-hydroxylation sites is 1. The van der Waals surface area contributed by atoms with E-state index in [-0.39, 0.29) is 0 Å². The van der Waals surface area contributed by atoms with Crippen LogP contribution >= 0.6 is 0 Å². The van der Waals surface area contributed by atoms with Crippen molar-refractivity contribution >= 4 is 11.4 Å². The molecule has 0 radical (unpaired) electrons. The minimum Gasteiger partial charge on any atom is -0.491 e.